The van der Waals surface area contributed by atoms with Crippen molar-refractivity contribution < 1.29 is 27.6 Å². The summed E-state index contributed by atoms with van der Waals surface area (Å²) in [6, 6.07) is 5.82. The summed E-state index contributed by atoms with van der Waals surface area (Å²) in [6.07, 6.45) is 2.72. The number of carbonyl (C=O) groups is 3. The quantitative estimate of drug-likeness (QED) is 0.569. The lowest BCUT2D eigenvalue weighted by atomic mass is 10.0. The zero-order valence-corrected chi connectivity index (χ0v) is 16.8. The molecule has 0 atom stereocenters. The number of anilines is 1. The molecule has 2 aromatic rings. The Morgan fingerprint density at radius 3 is 2.37 bits per heavy atom. The highest BCUT2D eigenvalue weighted by atomic mass is 32.2. The molecular formula is C19H17F3N4O3S. The molecule has 1 fully saturated rings. The van der Waals surface area contributed by atoms with Crippen molar-refractivity contribution in [2.75, 3.05) is 4.90 Å². The molecule has 7 nitrogen and oxygen atoms in total. The average Bonchev–Trinajstić information content (AvgIpc) is 2.81. The van der Waals surface area contributed by atoms with E-state index in [-0.39, 0.29) is 34.5 Å². The number of urea groups is 1. The number of aromatic nitrogens is 1. The van der Waals surface area contributed by atoms with Crippen LogP contribution in [0.15, 0.2) is 47.6 Å². The van der Waals surface area contributed by atoms with Gasteiger partial charge in [-0.1, -0.05) is 0 Å². The van der Waals surface area contributed by atoms with Gasteiger partial charge in [-0.05, 0) is 61.5 Å². The Labute approximate surface area is 174 Å². The predicted octanol–water partition coefficient (Wildman–Crippen LogP) is 3.54. The molecule has 158 valence electrons. The van der Waals surface area contributed by atoms with Crippen LogP contribution < -0.4 is 10.6 Å². The second-order valence-corrected chi connectivity index (χ2v) is 8.15. The fourth-order valence-corrected chi connectivity index (χ4v) is 3.62. The minimum atomic E-state index is -4.44. The number of alkyl halides is 3. The number of hydrogen-bond acceptors (Lipinski definition) is 5. The van der Waals surface area contributed by atoms with Gasteiger partial charge in [0, 0.05) is 23.8 Å². The summed E-state index contributed by atoms with van der Waals surface area (Å²) in [5, 5.41) is 0. The van der Waals surface area contributed by atoms with Crippen molar-refractivity contribution in [2.24, 2.45) is 5.73 Å². The van der Waals surface area contributed by atoms with Gasteiger partial charge in [0.2, 0.25) is 0 Å². The van der Waals surface area contributed by atoms with E-state index in [1.807, 2.05) is 0 Å². The van der Waals surface area contributed by atoms with Crippen LogP contribution in [0.4, 0.5) is 23.7 Å². The molecule has 0 spiro atoms. The second kappa shape index (κ2) is 7.63. The third-order valence-corrected chi connectivity index (χ3v) is 5.40. The zero-order chi connectivity index (χ0) is 22.3. The molecule has 1 aliphatic rings. The van der Waals surface area contributed by atoms with Crippen LogP contribution in [-0.4, -0.2) is 38.8 Å². The molecule has 0 bridgehead atoms. The van der Waals surface area contributed by atoms with Crippen molar-refractivity contribution in [1.29, 1.82) is 0 Å². The average molecular weight is 438 g/mol. The largest absolute Gasteiger partial charge is 0.446 e. The molecule has 0 radical (unpaired) electrons. The molecule has 2 N–H and O–H groups in total. The molecule has 3 rings (SSSR count). The highest BCUT2D eigenvalue weighted by Gasteiger charge is 2.51. The molecule has 0 aliphatic carbocycles. The number of pyridine rings is 1. The van der Waals surface area contributed by atoms with Gasteiger partial charge < -0.3 is 10.6 Å². The monoisotopic (exact) mass is 438 g/mol. The number of rotatable bonds is 5. The predicted molar refractivity (Wildman–Crippen MR) is 104 cm³/mol. The van der Waals surface area contributed by atoms with Crippen molar-refractivity contribution in [3.8, 4) is 0 Å². The lowest BCUT2D eigenvalue weighted by molar-refractivity contribution is -0.123. The molecule has 0 saturated carbocycles. The van der Waals surface area contributed by atoms with Crippen LogP contribution in [0.25, 0.3) is 0 Å². The number of imide groups is 1. The van der Waals surface area contributed by atoms with E-state index in [1.165, 1.54) is 47.6 Å². The number of nitrogens with two attached hydrogens (primary N) is 1. The van der Waals surface area contributed by atoms with Gasteiger partial charge in [-0.25, -0.2) is 9.69 Å². The Kier molecular flexibility index (Phi) is 5.50. The number of halogens is 3. The van der Waals surface area contributed by atoms with Gasteiger partial charge in [0.05, 0.1) is 11.3 Å². The first kappa shape index (κ1) is 21.6. The third kappa shape index (κ3) is 4.11. The lowest BCUT2D eigenvalue weighted by Gasteiger charge is -2.28. The van der Waals surface area contributed by atoms with Crippen molar-refractivity contribution >= 4 is 35.3 Å². The molecule has 2 heterocycles. The van der Waals surface area contributed by atoms with Gasteiger partial charge in [0.15, 0.2) is 0 Å². The van der Waals surface area contributed by atoms with Crippen molar-refractivity contribution in [3.05, 3.63) is 53.9 Å². The number of hydrogen-bond donors (Lipinski definition) is 1. The van der Waals surface area contributed by atoms with E-state index in [2.05, 4.69) is 4.98 Å². The molecule has 1 aromatic heterocycles. The summed E-state index contributed by atoms with van der Waals surface area (Å²) in [6.45, 7) is 3.02. The van der Waals surface area contributed by atoms with E-state index >= 15 is 0 Å². The summed E-state index contributed by atoms with van der Waals surface area (Å²) in [4.78, 5) is 43.6. The number of carbonyl (C=O) groups excluding carboxylic acids is 3. The van der Waals surface area contributed by atoms with Crippen molar-refractivity contribution in [3.63, 3.8) is 0 Å². The Morgan fingerprint density at radius 2 is 1.80 bits per heavy atom. The maximum Gasteiger partial charge on any atom is 0.446 e. The molecule has 1 saturated heterocycles. The summed E-state index contributed by atoms with van der Waals surface area (Å²) >= 11 is -0.288. The van der Waals surface area contributed by atoms with Gasteiger partial charge in [-0.15, -0.1) is 0 Å². The number of thioether (sulfide) groups is 1. The zero-order valence-electron chi connectivity index (χ0n) is 15.9. The maximum atomic E-state index is 13.0. The van der Waals surface area contributed by atoms with Crippen LogP contribution in [0.3, 0.4) is 0 Å². The van der Waals surface area contributed by atoms with E-state index < -0.39 is 28.9 Å². The second-order valence-electron chi connectivity index (χ2n) is 7.01. The first-order valence-electron chi connectivity index (χ1n) is 8.66. The number of nitrogens with zero attached hydrogens (tertiary/aromatic N) is 3. The van der Waals surface area contributed by atoms with E-state index in [4.69, 9.17) is 5.73 Å². The molecule has 1 aliphatic heterocycles. The van der Waals surface area contributed by atoms with Crippen molar-refractivity contribution in [1.82, 2.24) is 9.88 Å². The topological polar surface area (TPSA) is 96.6 Å². The number of primary amides is 1. The van der Waals surface area contributed by atoms with Gasteiger partial charge in [-0.3, -0.25) is 14.6 Å². The molecule has 30 heavy (non-hydrogen) atoms. The highest BCUT2D eigenvalue weighted by Crippen LogP contribution is 2.39. The SMILES string of the molecule is CC1(C)C(=O)N(c2ccc(SC(F)(F)F)cc2)C(=O)N1Cc1ccncc1C(N)=O. The van der Waals surface area contributed by atoms with Crippen LogP contribution in [0.2, 0.25) is 0 Å². The van der Waals surface area contributed by atoms with E-state index in [0.29, 0.717) is 5.56 Å². The molecule has 0 unspecified atom stereocenters. The molecule has 1 aromatic carbocycles. The summed E-state index contributed by atoms with van der Waals surface area (Å²) in [5.74, 6) is -1.26. The standard InChI is InChI=1S/C19H17F3N4O3S/c1-18(2)16(28)26(12-3-5-13(6-4-12)30-19(20,21)22)17(29)25(18)10-11-7-8-24-9-14(11)15(23)27/h3-9H,10H2,1-2H3,(H2,23,27). The lowest BCUT2D eigenvalue weighted by Crippen LogP contribution is -2.44. The Morgan fingerprint density at radius 1 is 1.17 bits per heavy atom. The third-order valence-electron chi connectivity index (χ3n) is 4.66. The van der Waals surface area contributed by atoms with Crippen molar-refractivity contribution in [2.45, 2.75) is 36.3 Å². The number of amides is 4. The van der Waals surface area contributed by atoms with Crippen LogP contribution in [0.5, 0.6) is 0 Å². The smallest absolute Gasteiger partial charge is 0.366 e. The fourth-order valence-electron chi connectivity index (χ4n) is 3.08. The Balaban J connectivity index is 1.90. The first-order valence-corrected chi connectivity index (χ1v) is 9.48. The van der Waals surface area contributed by atoms with Crippen LogP contribution >= 0.6 is 11.8 Å². The van der Waals surface area contributed by atoms with Gasteiger partial charge in [0.1, 0.15) is 5.54 Å². The molecular weight excluding hydrogens is 421 g/mol. The van der Waals surface area contributed by atoms with Gasteiger partial charge in [-0.2, -0.15) is 13.2 Å². The minimum absolute atomic E-state index is 0.0654. The first-order chi connectivity index (χ1) is 13.9. The Hall–Kier alpha value is -3.08. The van der Waals surface area contributed by atoms with E-state index in [9.17, 15) is 27.6 Å². The van der Waals surface area contributed by atoms with Gasteiger partial charge in [0.25, 0.3) is 11.8 Å². The van der Waals surface area contributed by atoms with Gasteiger partial charge >= 0.3 is 11.5 Å². The van der Waals surface area contributed by atoms with Crippen LogP contribution in [0.1, 0.15) is 29.8 Å². The highest BCUT2D eigenvalue weighted by molar-refractivity contribution is 8.00. The summed E-state index contributed by atoms with van der Waals surface area (Å²) in [7, 11) is 0. The van der Waals surface area contributed by atoms with E-state index in [0.717, 1.165) is 4.90 Å². The fraction of sp³-hybridized carbons (Fsp3) is 0.263. The Bertz CT molecular complexity index is 1010. The summed E-state index contributed by atoms with van der Waals surface area (Å²) < 4.78 is 37.5. The molecule has 11 heteroatoms. The van der Waals surface area contributed by atoms with Crippen LogP contribution in [0, 0.1) is 0 Å². The normalized spacial score (nSPS) is 16.3. The maximum absolute atomic E-state index is 13.0. The minimum Gasteiger partial charge on any atom is -0.366 e. The number of benzene rings is 1. The molecule has 4 amide bonds. The van der Waals surface area contributed by atoms with E-state index in [1.54, 1.807) is 13.8 Å². The summed E-state index contributed by atoms with van der Waals surface area (Å²) in [5.41, 5.74) is 0.353. The van der Waals surface area contributed by atoms with Crippen LogP contribution in [-0.2, 0) is 11.3 Å².